The molecule has 3 atom stereocenters. The summed E-state index contributed by atoms with van der Waals surface area (Å²) in [7, 11) is 1.78. The summed E-state index contributed by atoms with van der Waals surface area (Å²) >= 11 is 0. The van der Waals surface area contributed by atoms with Crippen molar-refractivity contribution in [3.63, 3.8) is 0 Å². The Labute approximate surface area is 122 Å². The number of carbonyl (C=O) groups excluding carboxylic acids is 1. The first kappa shape index (κ1) is 16.9. The van der Waals surface area contributed by atoms with E-state index < -0.39 is 0 Å². The van der Waals surface area contributed by atoms with E-state index in [0.29, 0.717) is 13.0 Å². The molecule has 0 unspecified atom stereocenters. The summed E-state index contributed by atoms with van der Waals surface area (Å²) in [6.45, 7) is 10.3. The van der Waals surface area contributed by atoms with Crippen LogP contribution in [0.5, 0.6) is 0 Å². The van der Waals surface area contributed by atoms with Gasteiger partial charge in [-0.1, -0.05) is 13.8 Å². The number of nitriles is 1. The molecule has 0 aromatic heterocycles. The molecule has 0 aliphatic carbocycles. The molecular weight excluding hydrogens is 254 g/mol. The maximum absolute atomic E-state index is 12.6. The zero-order valence-electron chi connectivity index (χ0n) is 13.3. The van der Waals surface area contributed by atoms with Crippen LogP contribution in [0.1, 0.15) is 34.1 Å². The van der Waals surface area contributed by atoms with Crippen molar-refractivity contribution >= 4 is 5.91 Å². The highest BCUT2D eigenvalue weighted by Crippen LogP contribution is 2.20. The number of likely N-dealkylation sites (N-methyl/N-ethyl adjacent to an activating group) is 1. The van der Waals surface area contributed by atoms with Crippen LogP contribution >= 0.6 is 0 Å². The third kappa shape index (κ3) is 4.46. The van der Waals surface area contributed by atoms with Gasteiger partial charge in [0.2, 0.25) is 5.91 Å². The van der Waals surface area contributed by atoms with Gasteiger partial charge >= 0.3 is 0 Å². The average molecular weight is 281 g/mol. The van der Waals surface area contributed by atoms with E-state index in [0.717, 1.165) is 13.1 Å². The van der Waals surface area contributed by atoms with Gasteiger partial charge in [-0.25, -0.2) is 0 Å². The molecule has 0 aromatic rings. The molecule has 1 aliphatic heterocycles. The molecule has 1 rings (SSSR count). The summed E-state index contributed by atoms with van der Waals surface area (Å²) in [5, 5.41) is 8.65. The highest BCUT2D eigenvalue weighted by atomic mass is 16.5. The summed E-state index contributed by atoms with van der Waals surface area (Å²) in [4.78, 5) is 16.5. The zero-order valence-corrected chi connectivity index (χ0v) is 13.3. The zero-order chi connectivity index (χ0) is 15.3. The second kappa shape index (κ2) is 7.61. The Morgan fingerprint density at radius 2 is 1.95 bits per heavy atom. The van der Waals surface area contributed by atoms with Gasteiger partial charge in [-0.05, 0) is 19.8 Å². The number of rotatable bonds is 5. The van der Waals surface area contributed by atoms with Crippen molar-refractivity contribution in [2.24, 2.45) is 5.92 Å². The SMILES string of the molecule is CC(C)[C@@H](C(=O)N(C)CCC#N)N1C[C@@H](C)O[C@@H](C)C1. The predicted molar refractivity (Wildman–Crippen MR) is 78.1 cm³/mol. The number of ether oxygens (including phenoxy) is 1. The molecule has 1 heterocycles. The van der Waals surface area contributed by atoms with Crippen LogP contribution in [0.15, 0.2) is 0 Å². The lowest BCUT2D eigenvalue weighted by molar-refractivity contribution is -0.144. The molecular formula is C15H27N3O2. The first-order valence-corrected chi connectivity index (χ1v) is 7.38. The molecule has 0 spiro atoms. The molecule has 5 nitrogen and oxygen atoms in total. The predicted octanol–water partition coefficient (Wildman–Crippen LogP) is 1.49. The molecule has 20 heavy (non-hydrogen) atoms. The number of nitrogens with zero attached hydrogens (tertiary/aromatic N) is 3. The molecule has 0 saturated carbocycles. The largest absolute Gasteiger partial charge is 0.373 e. The fraction of sp³-hybridized carbons (Fsp3) is 0.867. The first-order chi connectivity index (χ1) is 9.36. The van der Waals surface area contributed by atoms with Gasteiger partial charge in [-0.2, -0.15) is 5.26 Å². The summed E-state index contributed by atoms with van der Waals surface area (Å²) in [6, 6.07) is 1.96. The maximum atomic E-state index is 12.6. The van der Waals surface area contributed by atoms with Gasteiger partial charge in [0, 0.05) is 26.7 Å². The van der Waals surface area contributed by atoms with Crippen molar-refractivity contribution in [2.75, 3.05) is 26.7 Å². The van der Waals surface area contributed by atoms with Crippen molar-refractivity contribution in [1.29, 1.82) is 5.26 Å². The lowest BCUT2D eigenvalue weighted by Gasteiger charge is -2.42. The van der Waals surface area contributed by atoms with E-state index in [2.05, 4.69) is 24.8 Å². The third-order valence-corrected chi connectivity index (χ3v) is 3.66. The fourth-order valence-corrected chi connectivity index (χ4v) is 2.86. The van der Waals surface area contributed by atoms with E-state index in [-0.39, 0.29) is 30.1 Å². The number of hydrogen-bond acceptors (Lipinski definition) is 4. The van der Waals surface area contributed by atoms with Crippen LogP contribution in [-0.2, 0) is 9.53 Å². The lowest BCUT2D eigenvalue weighted by atomic mass is 9.99. The first-order valence-electron chi connectivity index (χ1n) is 7.38. The Balaban J connectivity index is 2.77. The molecule has 1 fully saturated rings. The van der Waals surface area contributed by atoms with Crippen LogP contribution in [0, 0.1) is 17.2 Å². The van der Waals surface area contributed by atoms with Gasteiger partial charge < -0.3 is 9.64 Å². The van der Waals surface area contributed by atoms with E-state index in [1.807, 2.05) is 13.8 Å². The maximum Gasteiger partial charge on any atom is 0.239 e. The van der Waals surface area contributed by atoms with E-state index >= 15 is 0 Å². The monoisotopic (exact) mass is 281 g/mol. The second-order valence-electron chi connectivity index (χ2n) is 6.07. The van der Waals surface area contributed by atoms with Crippen molar-refractivity contribution in [3.8, 4) is 6.07 Å². The molecule has 0 bridgehead atoms. The van der Waals surface area contributed by atoms with Gasteiger partial charge in [0.25, 0.3) is 0 Å². The van der Waals surface area contributed by atoms with E-state index in [4.69, 9.17) is 10.00 Å². The molecule has 0 radical (unpaired) electrons. The lowest BCUT2D eigenvalue weighted by Crippen LogP contribution is -2.57. The second-order valence-corrected chi connectivity index (χ2v) is 6.07. The minimum atomic E-state index is -0.132. The van der Waals surface area contributed by atoms with Crippen LogP contribution in [-0.4, -0.2) is 60.6 Å². The van der Waals surface area contributed by atoms with Crippen molar-refractivity contribution in [3.05, 3.63) is 0 Å². The van der Waals surface area contributed by atoms with Crippen LogP contribution < -0.4 is 0 Å². The standard InChI is InChI=1S/C15H27N3O2/c1-11(2)14(15(19)17(5)8-6-7-16)18-9-12(3)20-13(4)10-18/h11-14H,6,8-10H2,1-5H3/t12-,13+,14-/m0/s1. The highest BCUT2D eigenvalue weighted by Gasteiger charge is 2.35. The Kier molecular flexibility index (Phi) is 6.44. The topological polar surface area (TPSA) is 56.6 Å². The molecule has 1 saturated heterocycles. The van der Waals surface area contributed by atoms with Gasteiger partial charge in [0.15, 0.2) is 0 Å². The quantitative estimate of drug-likeness (QED) is 0.766. The average Bonchev–Trinajstić information content (AvgIpc) is 2.34. The van der Waals surface area contributed by atoms with E-state index in [1.54, 1.807) is 11.9 Å². The summed E-state index contributed by atoms with van der Waals surface area (Å²) in [6.07, 6.45) is 0.678. The number of carbonyl (C=O) groups is 1. The van der Waals surface area contributed by atoms with Crippen LogP contribution in [0.2, 0.25) is 0 Å². The number of morpholine rings is 1. The van der Waals surface area contributed by atoms with Gasteiger partial charge in [0.05, 0.1) is 30.7 Å². The van der Waals surface area contributed by atoms with Crippen molar-refractivity contribution < 1.29 is 9.53 Å². The van der Waals surface area contributed by atoms with Crippen molar-refractivity contribution in [1.82, 2.24) is 9.80 Å². The Hall–Kier alpha value is -1.12. The molecule has 0 aromatic carbocycles. The van der Waals surface area contributed by atoms with Crippen LogP contribution in [0.4, 0.5) is 0 Å². The molecule has 0 N–H and O–H groups in total. The normalized spacial score (nSPS) is 25.2. The summed E-state index contributed by atoms with van der Waals surface area (Å²) in [5.74, 6) is 0.348. The van der Waals surface area contributed by atoms with E-state index in [9.17, 15) is 4.79 Å². The third-order valence-electron chi connectivity index (χ3n) is 3.66. The Morgan fingerprint density at radius 3 is 2.40 bits per heavy atom. The fourth-order valence-electron chi connectivity index (χ4n) is 2.86. The number of amides is 1. The van der Waals surface area contributed by atoms with Gasteiger partial charge in [0.1, 0.15) is 0 Å². The minimum Gasteiger partial charge on any atom is -0.373 e. The molecule has 1 amide bonds. The van der Waals surface area contributed by atoms with Gasteiger partial charge in [-0.15, -0.1) is 0 Å². The minimum absolute atomic E-state index is 0.108. The Bertz CT molecular complexity index is 355. The van der Waals surface area contributed by atoms with Crippen molar-refractivity contribution in [2.45, 2.75) is 52.4 Å². The Morgan fingerprint density at radius 1 is 1.40 bits per heavy atom. The summed E-state index contributed by atoms with van der Waals surface area (Å²) in [5.41, 5.74) is 0. The van der Waals surface area contributed by atoms with Crippen LogP contribution in [0.25, 0.3) is 0 Å². The van der Waals surface area contributed by atoms with E-state index in [1.165, 1.54) is 0 Å². The highest BCUT2D eigenvalue weighted by molar-refractivity contribution is 5.82. The molecule has 1 aliphatic rings. The summed E-state index contributed by atoms with van der Waals surface area (Å²) < 4.78 is 5.74. The molecule has 114 valence electrons. The van der Waals surface area contributed by atoms with Crippen LogP contribution in [0.3, 0.4) is 0 Å². The number of hydrogen-bond donors (Lipinski definition) is 0. The van der Waals surface area contributed by atoms with Gasteiger partial charge in [-0.3, -0.25) is 9.69 Å². The smallest absolute Gasteiger partial charge is 0.239 e. The molecule has 5 heteroatoms.